The fourth-order valence-corrected chi connectivity index (χ4v) is 3.88. The number of nitrogens with zero attached hydrogens (tertiary/aromatic N) is 2. The van der Waals surface area contributed by atoms with Gasteiger partial charge in [-0.3, -0.25) is 0 Å². The number of benzene rings is 2. The van der Waals surface area contributed by atoms with Gasteiger partial charge in [-0.15, -0.1) is 0 Å². The zero-order valence-electron chi connectivity index (χ0n) is 15.7. The van der Waals surface area contributed by atoms with Crippen LogP contribution in [-0.4, -0.2) is 28.0 Å². The van der Waals surface area contributed by atoms with E-state index in [4.69, 9.17) is 9.97 Å². The molecule has 2 aromatic heterocycles. The molecule has 3 N–H and O–H groups in total. The van der Waals surface area contributed by atoms with Crippen molar-refractivity contribution in [2.75, 3.05) is 18.4 Å². The molecule has 0 radical (unpaired) electrons. The fraction of sp³-hybridized carbons (Fsp3) is 0.217. The minimum atomic E-state index is 0.789. The summed E-state index contributed by atoms with van der Waals surface area (Å²) in [5.41, 5.74) is 5.92. The van der Waals surface area contributed by atoms with E-state index in [-0.39, 0.29) is 0 Å². The molecule has 3 heterocycles. The molecule has 0 atom stereocenters. The molecule has 5 nitrogen and oxygen atoms in total. The average molecular weight is 369 g/mol. The summed E-state index contributed by atoms with van der Waals surface area (Å²) in [5.74, 6) is 1.77. The van der Waals surface area contributed by atoms with Gasteiger partial charge in [0, 0.05) is 41.3 Å². The first-order valence-corrected chi connectivity index (χ1v) is 9.83. The molecule has 0 amide bonds. The fourth-order valence-electron chi connectivity index (χ4n) is 3.88. The van der Waals surface area contributed by atoms with Crippen LogP contribution in [0.3, 0.4) is 0 Å². The van der Waals surface area contributed by atoms with Crippen LogP contribution in [0.25, 0.3) is 22.3 Å². The maximum Gasteiger partial charge on any atom is 0.161 e. The van der Waals surface area contributed by atoms with Crippen LogP contribution in [0.1, 0.15) is 16.8 Å². The standard InChI is InChI=1S/C23H23N5/c1-2-6-16(7-3-1)22-27-21-15-24-12-11-19(21)23(28-22)25-13-10-17-14-26-20-9-5-4-8-18(17)20/h1-9,14,24,26H,10-13,15H2,(H,25,27,28). The maximum absolute atomic E-state index is 4.88. The van der Waals surface area contributed by atoms with Gasteiger partial charge in [-0.2, -0.15) is 0 Å². The van der Waals surface area contributed by atoms with Gasteiger partial charge in [0.25, 0.3) is 0 Å². The summed E-state index contributed by atoms with van der Waals surface area (Å²) in [6.45, 7) is 2.61. The number of aromatic amines is 1. The Morgan fingerprint density at radius 2 is 1.82 bits per heavy atom. The van der Waals surface area contributed by atoms with Crippen LogP contribution in [0, 0.1) is 0 Å². The highest BCUT2D eigenvalue weighted by Gasteiger charge is 2.18. The van der Waals surface area contributed by atoms with Gasteiger partial charge in [0.15, 0.2) is 5.82 Å². The van der Waals surface area contributed by atoms with Crippen molar-refractivity contribution in [2.45, 2.75) is 19.4 Å². The summed E-state index contributed by atoms with van der Waals surface area (Å²) in [7, 11) is 0. The van der Waals surface area contributed by atoms with Crippen molar-refractivity contribution >= 4 is 16.7 Å². The smallest absolute Gasteiger partial charge is 0.161 e. The third kappa shape index (κ3) is 3.25. The lowest BCUT2D eigenvalue weighted by molar-refractivity contribution is 0.625. The van der Waals surface area contributed by atoms with Crippen LogP contribution in [0.15, 0.2) is 60.8 Å². The van der Waals surface area contributed by atoms with Gasteiger partial charge in [0.2, 0.25) is 0 Å². The van der Waals surface area contributed by atoms with Gasteiger partial charge in [-0.25, -0.2) is 9.97 Å². The quantitative estimate of drug-likeness (QED) is 0.499. The maximum atomic E-state index is 4.88. The number of para-hydroxylation sites is 1. The number of hydrogen-bond acceptors (Lipinski definition) is 4. The van der Waals surface area contributed by atoms with E-state index >= 15 is 0 Å². The zero-order valence-corrected chi connectivity index (χ0v) is 15.7. The predicted octanol–water partition coefficient (Wildman–Crippen LogP) is 3.93. The zero-order chi connectivity index (χ0) is 18.8. The van der Waals surface area contributed by atoms with E-state index in [1.54, 1.807) is 0 Å². The summed E-state index contributed by atoms with van der Waals surface area (Å²) in [4.78, 5) is 13.1. The second-order valence-electron chi connectivity index (χ2n) is 7.15. The van der Waals surface area contributed by atoms with Crippen LogP contribution in [0.5, 0.6) is 0 Å². The average Bonchev–Trinajstić information content (AvgIpc) is 3.17. The Balaban J connectivity index is 1.40. The molecule has 0 fully saturated rings. The molecule has 0 bridgehead atoms. The second-order valence-corrected chi connectivity index (χ2v) is 7.15. The minimum Gasteiger partial charge on any atom is -0.369 e. The topological polar surface area (TPSA) is 65.6 Å². The summed E-state index contributed by atoms with van der Waals surface area (Å²) < 4.78 is 0. The normalized spacial score (nSPS) is 13.4. The SMILES string of the molecule is c1ccc(-c2nc3c(c(NCCc4c[nH]c5ccccc45)n2)CCNC3)cc1. The first kappa shape index (κ1) is 17.0. The van der Waals surface area contributed by atoms with Crippen molar-refractivity contribution in [3.8, 4) is 11.4 Å². The van der Waals surface area contributed by atoms with E-state index in [0.717, 1.165) is 55.4 Å². The van der Waals surface area contributed by atoms with Crippen LogP contribution >= 0.6 is 0 Å². The molecule has 0 spiro atoms. The molecule has 5 heteroatoms. The Bertz CT molecular complexity index is 1100. The van der Waals surface area contributed by atoms with E-state index in [2.05, 4.69) is 58.2 Å². The lowest BCUT2D eigenvalue weighted by Crippen LogP contribution is -2.27. The monoisotopic (exact) mass is 369 g/mol. The van der Waals surface area contributed by atoms with Gasteiger partial charge >= 0.3 is 0 Å². The minimum absolute atomic E-state index is 0.789. The number of H-pyrrole nitrogens is 1. The summed E-state index contributed by atoms with van der Waals surface area (Å²) in [6, 6.07) is 18.6. The molecule has 4 aromatic rings. The lowest BCUT2D eigenvalue weighted by Gasteiger charge is -2.20. The highest BCUT2D eigenvalue weighted by Crippen LogP contribution is 2.25. The van der Waals surface area contributed by atoms with E-state index in [9.17, 15) is 0 Å². The molecule has 140 valence electrons. The van der Waals surface area contributed by atoms with Gasteiger partial charge in [-0.1, -0.05) is 48.5 Å². The number of anilines is 1. The van der Waals surface area contributed by atoms with Gasteiger partial charge in [-0.05, 0) is 31.0 Å². The molecule has 0 unspecified atom stereocenters. The van der Waals surface area contributed by atoms with Crippen molar-refractivity contribution in [1.29, 1.82) is 0 Å². The van der Waals surface area contributed by atoms with Gasteiger partial charge < -0.3 is 15.6 Å². The van der Waals surface area contributed by atoms with Crippen LogP contribution in [-0.2, 0) is 19.4 Å². The van der Waals surface area contributed by atoms with Crippen molar-refractivity contribution in [1.82, 2.24) is 20.3 Å². The molecule has 0 saturated heterocycles. The van der Waals surface area contributed by atoms with E-state index < -0.39 is 0 Å². The molecular formula is C23H23N5. The number of hydrogen-bond donors (Lipinski definition) is 3. The third-order valence-corrected chi connectivity index (χ3v) is 5.33. The van der Waals surface area contributed by atoms with E-state index in [1.807, 2.05) is 18.2 Å². The number of aromatic nitrogens is 3. The Morgan fingerprint density at radius 3 is 2.75 bits per heavy atom. The molecule has 2 aromatic carbocycles. The van der Waals surface area contributed by atoms with Crippen LogP contribution < -0.4 is 10.6 Å². The molecule has 28 heavy (non-hydrogen) atoms. The van der Waals surface area contributed by atoms with Crippen molar-refractivity contribution in [3.63, 3.8) is 0 Å². The molecule has 1 aliphatic rings. The molecule has 0 aliphatic carbocycles. The number of rotatable bonds is 5. The summed E-state index contributed by atoms with van der Waals surface area (Å²) >= 11 is 0. The molecule has 0 saturated carbocycles. The van der Waals surface area contributed by atoms with Gasteiger partial charge in [0.05, 0.1) is 5.69 Å². The Morgan fingerprint density at radius 1 is 0.964 bits per heavy atom. The highest BCUT2D eigenvalue weighted by atomic mass is 15.1. The molecular weight excluding hydrogens is 346 g/mol. The molecule has 5 rings (SSSR count). The summed E-state index contributed by atoms with van der Waals surface area (Å²) in [6.07, 6.45) is 4.02. The van der Waals surface area contributed by atoms with E-state index in [0.29, 0.717) is 0 Å². The first-order valence-electron chi connectivity index (χ1n) is 9.83. The Hall–Kier alpha value is -3.18. The number of fused-ring (bicyclic) bond motifs is 2. The van der Waals surface area contributed by atoms with Crippen molar-refractivity contribution in [2.24, 2.45) is 0 Å². The summed E-state index contributed by atoms with van der Waals surface area (Å²) in [5, 5.41) is 8.31. The van der Waals surface area contributed by atoms with Crippen LogP contribution in [0.2, 0.25) is 0 Å². The third-order valence-electron chi connectivity index (χ3n) is 5.33. The Labute approximate surface area is 164 Å². The Kier molecular flexibility index (Phi) is 4.51. The van der Waals surface area contributed by atoms with Crippen molar-refractivity contribution in [3.05, 3.63) is 77.6 Å². The number of nitrogens with one attached hydrogen (secondary N) is 3. The lowest BCUT2D eigenvalue weighted by atomic mass is 10.1. The van der Waals surface area contributed by atoms with E-state index in [1.165, 1.54) is 22.0 Å². The van der Waals surface area contributed by atoms with Crippen LogP contribution in [0.4, 0.5) is 5.82 Å². The van der Waals surface area contributed by atoms with Crippen molar-refractivity contribution < 1.29 is 0 Å². The van der Waals surface area contributed by atoms with Gasteiger partial charge in [0.1, 0.15) is 5.82 Å². The highest BCUT2D eigenvalue weighted by molar-refractivity contribution is 5.83. The molecule has 1 aliphatic heterocycles. The second kappa shape index (κ2) is 7.44. The predicted molar refractivity (Wildman–Crippen MR) is 113 cm³/mol. The first-order chi connectivity index (χ1) is 13.9. The largest absolute Gasteiger partial charge is 0.369 e.